The summed E-state index contributed by atoms with van der Waals surface area (Å²) in [5, 5.41) is 9.24. The van der Waals surface area contributed by atoms with Crippen LogP contribution in [0.5, 0.6) is 0 Å². The first-order valence-corrected chi connectivity index (χ1v) is 7.14. The van der Waals surface area contributed by atoms with Crippen molar-refractivity contribution in [2.45, 2.75) is 25.8 Å². The van der Waals surface area contributed by atoms with Crippen molar-refractivity contribution in [2.24, 2.45) is 0 Å². The van der Waals surface area contributed by atoms with Crippen LogP contribution in [0.2, 0.25) is 0 Å². The van der Waals surface area contributed by atoms with Gasteiger partial charge in [0.25, 0.3) is 0 Å². The van der Waals surface area contributed by atoms with Gasteiger partial charge in [-0.1, -0.05) is 18.2 Å². The average molecular weight is 263 g/mol. The van der Waals surface area contributed by atoms with Crippen molar-refractivity contribution in [3.8, 4) is 5.69 Å². The summed E-state index contributed by atoms with van der Waals surface area (Å²) in [4.78, 5) is 0. The van der Waals surface area contributed by atoms with Gasteiger partial charge in [-0.25, -0.2) is 4.68 Å². The number of anilines is 1. The molecule has 4 rings (SSSR count). The van der Waals surface area contributed by atoms with Gasteiger partial charge in [0.05, 0.1) is 17.4 Å². The molecular weight excluding hydrogens is 246 g/mol. The van der Waals surface area contributed by atoms with E-state index in [2.05, 4.69) is 53.7 Å². The van der Waals surface area contributed by atoms with E-state index in [1.54, 1.807) is 0 Å². The van der Waals surface area contributed by atoms with Crippen molar-refractivity contribution in [3.05, 3.63) is 54.2 Å². The van der Waals surface area contributed by atoms with Crippen LogP contribution in [0.15, 0.2) is 48.7 Å². The smallest absolute Gasteiger partial charge is 0.0741 e. The Hall–Kier alpha value is -2.29. The van der Waals surface area contributed by atoms with Gasteiger partial charge in [0, 0.05) is 17.1 Å². The van der Waals surface area contributed by atoms with Gasteiger partial charge in [-0.2, -0.15) is 5.10 Å². The zero-order valence-corrected chi connectivity index (χ0v) is 11.5. The number of aryl methyl sites for hydroxylation is 1. The number of nitrogens with zero attached hydrogens (tertiary/aromatic N) is 2. The molecule has 1 aliphatic rings. The third-order valence-corrected chi connectivity index (χ3v) is 4.06. The van der Waals surface area contributed by atoms with E-state index in [0.29, 0.717) is 6.04 Å². The number of benzene rings is 2. The normalized spacial score (nSPS) is 17.8. The topological polar surface area (TPSA) is 29.9 Å². The van der Waals surface area contributed by atoms with Crippen LogP contribution in [0.3, 0.4) is 0 Å². The minimum absolute atomic E-state index is 0.568. The zero-order valence-electron chi connectivity index (χ0n) is 11.5. The first kappa shape index (κ1) is 11.5. The molecule has 0 amide bonds. The van der Waals surface area contributed by atoms with E-state index in [0.717, 1.165) is 17.6 Å². The summed E-state index contributed by atoms with van der Waals surface area (Å²) in [6.45, 7) is 2.23. The molecule has 1 N–H and O–H groups in total. The summed E-state index contributed by atoms with van der Waals surface area (Å²) in [6, 6.07) is 15.5. The predicted molar refractivity (Wildman–Crippen MR) is 82.5 cm³/mol. The molecule has 0 fully saturated rings. The van der Waals surface area contributed by atoms with Gasteiger partial charge in [0.15, 0.2) is 0 Å². The molecule has 2 aromatic carbocycles. The van der Waals surface area contributed by atoms with Gasteiger partial charge in [-0.3, -0.25) is 0 Å². The van der Waals surface area contributed by atoms with Crippen molar-refractivity contribution >= 4 is 16.6 Å². The van der Waals surface area contributed by atoms with E-state index in [9.17, 15) is 0 Å². The first-order valence-electron chi connectivity index (χ1n) is 7.14. The molecular formula is C17H17N3. The lowest BCUT2D eigenvalue weighted by molar-refractivity contribution is 0.680. The van der Waals surface area contributed by atoms with Gasteiger partial charge in [0.2, 0.25) is 0 Å². The number of aromatic nitrogens is 2. The van der Waals surface area contributed by atoms with Crippen LogP contribution >= 0.6 is 0 Å². The number of fused-ring (bicyclic) bond motifs is 2. The predicted octanol–water partition coefficient (Wildman–Crippen LogP) is 3.77. The maximum atomic E-state index is 4.53. The Morgan fingerprint density at radius 2 is 2.10 bits per heavy atom. The number of nitrogens with one attached hydrogen (secondary N) is 1. The monoisotopic (exact) mass is 263 g/mol. The Balaban J connectivity index is 1.83. The molecule has 0 aliphatic carbocycles. The Morgan fingerprint density at radius 3 is 3.05 bits per heavy atom. The molecule has 0 saturated carbocycles. The quantitative estimate of drug-likeness (QED) is 0.724. The van der Waals surface area contributed by atoms with Crippen LogP contribution < -0.4 is 5.32 Å². The fourth-order valence-electron chi connectivity index (χ4n) is 2.95. The van der Waals surface area contributed by atoms with Crippen LogP contribution in [0.1, 0.15) is 18.9 Å². The maximum absolute atomic E-state index is 4.53. The molecule has 1 aromatic heterocycles. The Labute approximate surface area is 118 Å². The zero-order chi connectivity index (χ0) is 13.5. The average Bonchev–Trinajstić information content (AvgIpc) is 2.91. The molecule has 1 unspecified atom stereocenters. The second-order valence-electron chi connectivity index (χ2n) is 5.54. The molecule has 0 radical (unpaired) electrons. The first-order chi connectivity index (χ1) is 9.81. The van der Waals surface area contributed by atoms with E-state index < -0.39 is 0 Å². The fourth-order valence-corrected chi connectivity index (χ4v) is 2.95. The van der Waals surface area contributed by atoms with Crippen LogP contribution in [-0.2, 0) is 6.42 Å². The number of para-hydroxylation sites is 1. The highest BCUT2D eigenvalue weighted by molar-refractivity contribution is 5.80. The lowest BCUT2D eigenvalue weighted by Gasteiger charge is -2.24. The Kier molecular flexibility index (Phi) is 2.52. The van der Waals surface area contributed by atoms with Gasteiger partial charge in [0.1, 0.15) is 0 Å². The van der Waals surface area contributed by atoms with Crippen molar-refractivity contribution in [1.29, 1.82) is 0 Å². The molecule has 100 valence electrons. The molecule has 0 bridgehead atoms. The summed E-state index contributed by atoms with van der Waals surface area (Å²) in [5.74, 6) is 0. The minimum atomic E-state index is 0.568. The Morgan fingerprint density at radius 1 is 1.20 bits per heavy atom. The molecule has 3 nitrogen and oxygen atoms in total. The molecule has 1 atom stereocenters. The fraction of sp³-hybridized carbons (Fsp3) is 0.235. The van der Waals surface area contributed by atoms with Crippen molar-refractivity contribution in [3.63, 3.8) is 0 Å². The van der Waals surface area contributed by atoms with E-state index >= 15 is 0 Å². The lowest BCUT2D eigenvalue weighted by Crippen LogP contribution is -2.21. The van der Waals surface area contributed by atoms with Crippen LogP contribution in [-0.4, -0.2) is 15.8 Å². The number of hydrogen-bond acceptors (Lipinski definition) is 2. The van der Waals surface area contributed by atoms with E-state index in [4.69, 9.17) is 0 Å². The highest BCUT2D eigenvalue weighted by Crippen LogP contribution is 2.28. The van der Waals surface area contributed by atoms with Gasteiger partial charge < -0.3 is 5.32 Å². The Bertz CT molecular complexity index is 773. The van der Waals surface area contributed by atoms with Crippen LogP contribution in [0, 0.1) is 0 Å². The molecule has 1 aliphatic heterocycles. The molecule has 0 spiro atoms. The molecule has 3 aromatic rings. The van der Waals surface area contributed by atoms with Crippen LogP contribution in [0.25, 0.3) is 16.6 Å². The van der Waals surface area contributed by atoms with Gasteiger partial charge in [-0.05, 0) is 49.6 Å². The SMILES string of the molecule is CC1CCc2cc(-n3ncc4ccccc43)ccc2N1. The third kappa shape index (κ3) is 1.78. The standard InChI is InChI=1S/C17H17N3/c1-12-6-7-13-10-15(8-9-16(13)19-12)20-17-5-3-2-4-14(17)11-18-20/h2-5,8-12,19H,6-7H2,1H3. The van der Waals surface area contributed by atoms with Gasteiger partial charge >= 0.3 is 0 Å². The minimum Gasteiger partial charge on any atom is -0.382 e. The molecule has 0 saturated heterocycles. The largest absolute Gasteiger partial charge is 0.382 e. The van der Waals surface area contributed by atoms with E-state index in [-0.39, 0.29) is 0 Å². The summed E-state index contributed by atoms with van der Waals surface area (Å²) in [6.07, 6.45) is 4.25. The molecule has 20 heavy (non-hydrogen) atoms. The third-order valence-electron chi connectivity index (χ3n) is 4.06. The van der Waals surface area contributed by atoms with Crippen molar-refractivity contribution in [1.82, 2.24) is 9.78 Å². The summed E-state index contributed by atoms with van der Waals surface area (Å²) >= 11 is 0. The maximum Gasteiger partial charge on any atom is 0.0741 e. The lowest BCUT2D eigenvalue weighted by atomic mass is 9.98. The summed E-state index contributed by atoms with van der Waals surface area (Å²) in [5.41, 5.74) is 4.95. The second-order valence-corrected chi connectivity index (χ2v) is 5.54. The van der Waals surface area contributed by atoms with E-state index in [1.807, 2.05) is 16.9 Å². The molecule has 3 heteroatoms. The number of hydrogen-bond donors (Lipinski definition) is 1. The number of rotatable bonds is 1. The summed E-state index contributed by atoms with van der Waals surface area (Å²) in [7, 11) is 0. The highest BCUT2D eigenvalue weighted by atomic mass is 15.3. The van der Waals surface area contributed by atoms with Crippen molar-refractivity contribution < 1.29 is 0 Å². The van der Waals surface area contributed by atoms with E-state index in [1.165, 1.54) is 23.1 Å². The van der Waals surface area contributed by atoms with Gasteiger partial charge in [-0.15, -0.1) is 0 Å². The van der Waals surface area contributed by atoms with Crippen LogP contribution in [0.4, 0.5) is 5.69 Å². The summed E-state index contributed by atoms with van der Waals surface area (Å²) < 4.78 is 2.02. The molecule has 2 heterocycles. The van der Waals surface area contributed by atoms with Crippen molar-refractivity contribution in [2.75, 3.05) is 5.32 Å². The highest BCUT2D eigenvalue weighted by Gasteiger charge is 2.15. The second kappa shape index (κ2) is 4.37.